The highest BCUT2D eigenvalue weighted by molar-refractivity contribution is 7.94. The van der Waals surface area contributed by atoms with Crippen molar-refractivity contribution in [1.29, 1.82) is 0 Å². The van der Waals surface area contributed by atoms with E-state index in [-0.39, 0.29) is 17.3 Å². The van der Waals surface area contributed by atoms with Crippen molar-refractivity contribution in [2.24, 2.45) is 0 Å². The Morgan fingerprint density at radius 1 is 1.12 bits per heavy atom. The molecule has 0 aliphatic heterocycles. The first-order chi connectivity index (χ1) is 7.68. The molecule has 17 heavy (non-hydrogen) atoms. The summed E-state index contributed by atoms with van der Waals surface area (Å²) in [5, 5.41) is 0. The molecule has 0 radical (unpaired) electrons. The molecular weight excluding hydrogens is 262 g/mol. The average molecular weight is 277 g/mol. The number of hydrogen-bond donors (Lipinski definition) is 1. The molecule has 7 heteroatoms. The molecule has 0 saturated carbocycles. The molecule has 0 spiro atoms. The van der Waals surface area contributed by atoms with Gasteiger partial charge in [0.1, 0.15) is 9.84 Å². The summed E-state index contributed by atoms with van der Waals surface area (Å²) < 4.78 is 45.1. The molecule has 0 unspecified atom stereocenters. The number of rotatable bonds is 5. The normalized spacial score (nSPS) is 12.5. The maximum atomic E-state index is 11.7. The van der Waals surface area contributed by atoms with E-state index < -0.39 is 19.7 Å². The van der Waals surface area contributed by atoms with Crippen LogP contribution in [-0.2, 0) is 25.4 Å². The van der Waals surface area contributed by atoms with Crippen molar-refractivity contribution < 1.29 is 16.8 Å². The predicted octanol–water partition coefficient (Wildman–Crippen LogP) is 0.228. The third-order valence-electron chi connectivity index (χ3n) is 2.10. The average Bonchev–Trinajstić information content (AvgIpc) is 2.13. The van der Waals surface area contributed by atoms with Gasteiger partial charge in [0.05, 0.1) is 17.3 Å². The molecular formula is C10H15NO4S2. The summed E-state index contributed by atoms with van der Waals surface area (Å²) in [6.07, 6.45) is 1.02. The van der Waals surface area contributed by atoms with E-state index in [9.17, 15) is 16.8 Å². The summed E-state index contributed by atoms with van der Waals surface area (Å²) >= 11 is 0. The number of benzene rings is 1. The first-order valence-electron chi connectivity index (χ1n) is 4.90. The van der Waals surface area contributed by atoms with Crippen molar-refractivity contribution in [3.63, 3.8) is 0 Å². The lowest BCUT2D eigenvalue weighted by molar-refractivity contribution is 0.589. The number of sulfone groups is 2. The van der Waals surface area contributed by atoms with Gasteiger partial charge in [-0.05, 0) is 17.7 Å². The highest BCUT2D eigenvalue weighted by Gasteiger charge is 2.15. The fourth-order valence-electron chi connectivity index (χ4n) is 1.29. The molecule has 1 rings (SSSR count). The van der Waals surface area contributed by atoms with Gasteiger partial charge in [-0.15, -0.1) is 0 Å². The lowest BCUT2D eigenvalue weighted by Gasteiger charge is -2.04. The van der Waals surface area contributed by atoms with E-state index in [1.54, 1.807) is 24.3 Å². The van der Waals surface area contributed by atoms with Crippen molar-refractivity contribution >= 4 is 25.4 Å². The zero-order valence-corrected chi connectivity index (χ0v) is 11.1. The predicted molar refractivity (Wildman–Crippen MR) is 68.1 cm³/mol. The fourth-order valence-corrected chi connectivity index (χ4v) is 4.35. The van der Waals surface area contributed by atoms with Crippen molar-refractivity contribution in [2.75, 3.05) is 23.5 Å². The Bertz CT molecular complexity index is 590. The van der Waals surface area contributed by atoms with Gasteiger partial charge in [-0.3, -0.25) is 0 Å². The van der Waals surface area contributed by atoms with E-state index in [2.05, 4.69) is 0 Å². The highest BCUT2D eigenvalue weighted by atomic mass is 32.2. The van der Waals surface area contributed by atoms with E-state index in [4.69, 9.17) is 5.73 Å². The topological polar surface area (TPSA) is 94.3 Å². The molecule has 0 aromatic heterocycles. The summed E-state index contributed by atoms with van der Waals surface area (Å²) in [4.78, 5) is 0. The molecule has 0 saturated heterocycles. The molecule has 1 aromatic rings. The highest BCUT2D eigenvalue weighted by Crippen LogP contribution is 2.11. The molecule has 1 aromatic carbocycles. The van der Waals surface area contributed by atoms with Crippen LogP contribution in [0.2, 0.25) is 0 Å². The Morgan fingerprint density at radius 2 is 1.76 bits per heavy atom. The summed E-state index contributed by atoms with van der Waals surface area (Å²) in [6, 6.07) is 6.54. The van der Waals surface area contributed by atoms with Crippen LogP contribution < -0.4 is 5.73 Å². The van der Waals surface area contributed by atoms with Crippen LogP contribution in [0.25, 0.3) is 0 Å². The van der Waals surface area contributed by atoms with Crippen LogP contribution >= 0.6 is 0 Å². The van der Waals surface area contributed by atoms with Crippen LogP contribution in [0.1, 0.15) is 5.56 Å². The van der Waals surface area contributed by atoms with Crippen molar-refractivity contribution in [3.05, 3.63) is 29.8 Å². The Kier molecular flexibility index (Phi) is 4.16. The zero-order chi connectivity index (χ0) is 13.1. The van der Waals surface area contributed by atoms with Gasteiger partial charge in [0.15, 0.2) is 9.84 Å². The van der Waals surface area contributed by atoms with Gasteiger partial charge in [-0.1, -0.05) is 12.1 Å². The molecule has 0 heterocycles. The Balaban J connectivity index is 2.74. The second-order valence-electron chi connectivity index (χ2n) is 3.97. The molecule has 2 N–H and O–H groups in total. The monoisotopic (exact) mass is 277 g/mol. The Labute approximate surface area is 101 Å². The van der Waals surface area contributed by atoms with Crippen LogP contribution in [0, 0.1) is 0 Å². The summed E-state index contributed by atoms with van der Waals surface area (Å²) in [6.45, 7) is 0. The maximum absolute atomic E-state index is 11.7. The summed E-state index contributed by atoms with van der Waals surface area (Å²) in [5.74, 6) is -0.897. The molecule has 0 fully saturated rings. The largest absolute Gasteiger partial charge is 0.399 e. The van der Waals surface area contributed by atoms with Gasteiger partial charge in [-0.25, -0.2) is 16.8 Å². The smallest absolute Gasteiger partial charge is 0.155 e. The van der Waals surface area contributed by atoms with E-state index >= 15 is 0 Å². The SMILES string of the molecule is CS(=O)(=O)CCS(=O)(=O)Cc1cccc(N)c1. The number of anilines is 1. The lowest BCUT2D eigenvalue weighted by Crippen LogP contribution is -2.17. The summed E-state index contributed by atoms with van der Waals surface area (Å²) in [7, 11) is -6.68. The second kappa shape index (κ2) is 5.05. The minimum absolute atomic E-state index is 0.187. The number of hydrogen-bond acceptors (Lipinski definition) is 5. The van der Waals surface area contributed by atoms with E-state index in [0.717, 1.165) is 6.26 Å². The second-order valence-corrected chi connectivity index (χ2v) is 8.41. The molecule has 96 valence electrons. The van der Waals surface area contributed by atoms with E-state index in [1.165, 1.54) is 0 Å². The first-order valence-corrected chi connectivity index (χ1v) is 8.79. The van der Waals surface area contributed by atoms with Crippen molar-refractivity contribution in [2.45, 2.75) is 5.75 Å². The van der Waals surface area contributed by atoms with Crippen LogP contribution in [0.15, 0.2) is 24.3 Å². The van der Waals surface area contributed by atoms with Gasteiger partial charge in [0.2, 0.25) is 0 Å². The zero-order valence-electron chi connectivity index (χ0n) is 9.46. The third-order valence-corrected chi connectivity index (χ3v) is 4.91. The number of nitrogen functional groups attached to an aromatic ring is 1. The molecule has 0 aliphatic rings. The molecule has 0 bridgehead atoms. The van der Waals surface area contributed by atoms with Gasteiger partial charge in [-0.2, -0.15) is 0 Å². The summed E-state index contributed by atoms with van der Waals surface area (Å²) in [5.41, 5.74) is 6.58. The van der Waals surface area contributed by atoms with Gasteiger partial charge < -0.3 is 5.73 Å². The molecule has 5 nitrogen and oxygen atoms in total. The lowest BCUT2D eigenvalue weighted by atomic mass is 10.2. The van der Waals surface area contributed by atoms with E-state index in [1.807, 2.05) is 0 Å². The third kappa shape index (κ3) is 5.69. The molecule has 0 atom stereocenters. The quantitative estimate of drug-likeness (QED) is 0.777. The Hall–Kier alpha value is -1.08. The standard InChI is InChI=1S/C10H15NO4S2/c1-16(12,13)5-6-17(14,15)8-9-3-2-4-10(11)7-9/h2-4,7H,5-6,8,11H2,1H3. The molecule has 0 aliphatic carbocycles. The van der Waals surface area contributed by atoms with Crippen LogP contribution in [-0.4, -0.2) is 34.6 Å². The Morgan fingerprint density at radius 3 is 2.29 bits per heavy atom. The minimum atomic E-state index is -3.42. The molecule has 0 amide bonds. The van der Waals surface area contributed by atoms with Gasteiger partial charge in [0, 0.05) is 11.9 Å². The maximum Gasteiger partial charge on any atom is 0.155 e. The van der Waals surface area contributed by atoms with Crippen LogP contribution in [0.3, 0.4) is 0 Å². The first kappa shape index (κ1) is 14.0. The van der Waals surface area contributed by atoms with Gasteiger partial charge in [0.25, 0.3) is 0 Å². The number of nitrogens with two attached hydrogens (primary N) is 1. The fraction of sp³-hybridized carbons (Fsp3) is 0.400. The van der Waals surface area contributed by atoms with Gasteiger partial charge >= 0.3 is 0 Å². The van der Waals surface area contributed by atoms with Crippen molar-refractivity contribution in [3.8, 4) is 0 Å². The van der Waals surface area contributed by atoms with Crippen LogP contribution in [0.4, 0.5) is 5.69 Å². The van der Waals surface area contributed by atoms with Crippen molar-refractivity contribution in [1.82, 2.24) is 0 Å². The minimum Gasteiger partial charge on any atom is -0.399 e. The van der Waals surface area contributed by atoms with E-state index in [0.29, 0.717) is 11.3 Å². The van der Waals surface area contributed by atoms with Crippen LogP contribution in [0.5, 0.6) is 0 Å².